The van der Waals surface area contributed by atoms with E-state index >= 15 is 0 Å². The highest BCUT2D eigenvalue weighted by Crippen LogP contribution is 2.35. The van der Waals surface area contributed by atoms with E-state index in [0.29, 0.717) is 6.04 Å². The van der Waals surface area contributed by atoms with Crippen molar-refractivity contribution in [3.05, 3.63) is 35.9 Å². The molecule has 0 bridgehead atoms. The molecule has 1 aliphatic heterocycles. The molecule has 2 atom stereocenters. The van der Waals surface area contributed by atoms with Crippen LogP contribution >= 0.6 is 0 Å². The Bertz CT molecular complexity index is 399. The lowest BCUT2D eigenvalue weighted by atomic mass is 10.00. The SMILES string of the molecule is CCC(CC1CC1)N1CCNC(Cc2ccccc2)C1. The molecule has 1 aromatic carbocycles. The molecule has 1 heterocycles. The summed E-state index contributed by atoms with van der Waals surface area (Å²) in [6.45, 7) is 5.97. The van der Waals surface area contributed by atoms with Gasteiger partial charge >= 0.3 is 0 Å². The third-order valence-electron chi connectivity index (χ3n) is 4.90. The summed E-state index contributed by atoms with van der Waals surface area (Å²) in [5.74, 6) is 1.04. The van der Waals surface area contributed by atoms with Crippen molar-refractivity contribution in [3.63, 3.8) is 0 Å². The normalized spacial score (nSPS) is 25.6. The number of benzene rings is 1. The van der Waals surface area contributed by atoms with E-state index in [-0.39, 0.29) is 0 Å². The van der Waals surface area contributed by atoms with Crippen LogP contribution in [0.1, 0.15) is 38.2 Å². The molecular formula is C18H28N2. The molecule has 110 valence electrons. The van der Waals surface area contributed by atoms with E-state index in [4.69, 9.17) is 0 Å². The van der Waals surface area contributed by atoms with E-state index in [0.717, 1.165) is 24.9 Å². The molecule has 20 heavy (non-hydrogen) atoms. The molecule has 0 spiro atoms. The van der Waals surface area contributed by atoms with Crippen molar-refractivity contribution < 1.29 is 0 Å². The lowest BCUT2D eigenvalue weighted by molar-refractivity contribution is 0.129. The summed E-state index contributed by atoms with van der Waals surface area (Å²) in [6, 6.07) is 12.4. The average molecular weight is 272 g/mol. The van der Waals surface area contributed by atoms with Gasteiger partial charge in [-0.25, -0.2) is 0 Å². The number of rotatable bonds is 6. The maximum Gasteiger partial charge on any atom is 0.0236 e. The Morgan fingerprint density at radius 1 is 1.25 bits per heavy atom. The Labute approximate surface area is 123 Å². The first kappa shape index (κ1) is 14.1. The average Bonchev–Trinajstić information content (AvgIpc) is 3.30. The molecule has 1 aromatic rings. The zero-order valence-corrected chi connectivity index (χ0v) is 12.7. The van der Waals surface area contributed by atoms with Gasteiger partial charge in [-0.3, -0.25) is 4.90 Å². The lowest BCUT2D eigenvalue weighted by Crippen LogP contribution is -2.54. The number of nitrogens with one attached hydrogen (secondary N) is 1. The third kappa shape index (κ3) is 3.83. The minimum atomic E-state index is 0.624. The summed E-state index contributed by atoms with van der Waals surface area (Å²) < 4.78 is 0. The summed E-state index contributed by atoms with van der Waals surface area (Å²) in [5.41, 5.74) is 1.46. The van der Waals surface area contributed by atoms with Crippen LogP contribution in [0.15, 0.2) is 30.3 Å². The zero-order valence-electron chi connectivity index (χ0n) is 12.7. The zero-order chi connectivity index (χ0) is 13.8. The molecule has 1 aliphatic carbocycles. The van der Waals surface area contributed by atoms with E-state index in [9.17, 15) is 0 Å². The number of hydrogen-bond acceptors (Lipinski definition) is 2. The minimum Gasteiger partial charge on any atom is -0.311 e. The molecule has 3 rings (SSSR count). The van der Waals surface area contributed by atoms with E-state index < -0.39 is 0 Å². The second kappa shape index (κ2) is 6.73. The Balaban J connectivity index is 1.55. The van der Waals surface area contributed by atoms with Crippen molar-refractivity contribution in [2.24, 2.45) is 5.92 Å². The molecule has 0 amide bonds. The van der Waals surface area contributed by atoms with Gasteiger partial charge in [-0.05, 0) is 30.7 Å². The van der Waals surface area contributed by atoms with Crippen LogP contribution in [-0.4, -0.2) is 36.6 Å². The fraction of sp³-hybridized carbons (Fsp3) is 0.667. The molecule has 2 unspecified atom stereocenters. The van der Waals surface area contributed by atoms with Gasteiger partial charge in [0.05, 0.1) is 0 Å². The van der Waals surface area contributed by atoms with Crippen molar-refractivity contribution in [2.75, 3.05) is 19.6 Å². The summed E-state index contributed by atoms with van der Waals surface area (Å²) in [7, 11) is 0. The van der Waals surface area contributed by atoms with E-state index in [2.05, 4.69) is 47.5 Å². The Morgan fingerprint density at radius 3 is 2.75 bits per heavy atom. The summed E-state index contributed by atoms with van der Waals surface area (Å²) >= 11 is 0. The van der Waals surface area contributed by atoms with Crippen LogP contribution in [0.4, 0.5) is 0 Å². The van der Waals surface area contributed by atoms with Gasteiger partial charge in [-0.2, -0.15) is 0 Å². The highest BCUT2D eigenvalue weighted by molar-refractivity contribution is 5.16. The van der Waals surface area contributed by atoms with Gasteiger partial charge in [0, 0.05) is 31.7 Å². The van der Waals surface area contributed by atoms with Crippen LogP contribution in [0.25, 0.3) is 0 Å². The molecule has 2 nitrogen and oxygen atoms in total. The monoisotopic (exact) mass is 272 g/mol. The van der Waals surface area contributed by atoms with Gasteiger partial charge in [0.1, 0.15) is 0 Å². The van der Waals surface area contributed by atoms with Crippen LogP contribution in [0.2, 0.25) is 0 Å². The topological polar surface area (TPSA) is 15.3 Å². The van der Waals surface area contributed by atoms with Crippen molar-refractivity contribution in [1.82, 2.24) is 10.2 Å². The third-order valence-corrected chi connectivity index (χ3v) is 4.90. The second-order valence-corrected chi connectivity index (χ2v) is 6.58. The smallest absolute Gasteiger partial charge is 0.0236 e. The molecule has 0 aromatic heterocycles. The maximum absolute atomic E-state index is 3.70. The van der Waals surface area contributed by atoms with Crippen LogP contribution in [0.3, 0.4) is 0 Å². The van der Waals surface area contributed by atoms with Crippen LogP contribution < -0.4 is 5.32 Å². The maximum atomic E-state index is 3.70. The quantitative estimate of drug-likeness (QED) is 0.856. The fourth-order valence-electron chi connectivity index (χ4n) is 3.53. The minimum absolute atomic E-state index is 0.624. The summed E-state index contributed by atoms with van der Waals surface area (Å²) in [4.78, 5) is 2.75. The van der Waals surface area contributed by atoms with Crippen LogP contribution in [0, 0.1) is 5.92 Å². The molecule has 2 heteroatoms. The van der Waals surface area contributed by atoms with E-state index in [1.54, 1.807) is 0 Å². The van der Waals surface area contributed by atoms with E-state index in [1.165, 1.54) is 44.3 Å². The van der Waals surface area contributed by atoms with Crippen LogP contribution in [0.5, 0.6) is 0 Å². The molecule has 1 saturated carbocycles. The second-order valence-electron chi connectivity index (χ2n) is 6.58. The van der Waals surface area contributed by atoms with Crippen molar-refractivity contribution >= 4 is 0 Å². The Morgan fingerprint density at radius 2 is 2.05 bits per heavy atom. The molecule has 1 N–H and O–H groups in total. The first-order valence-corrected chi connectivity index (χ1v) is 8.36. The molecule has 2 fully saturated rings. The highest BCUT2D eigenvalue weighted by atomic mass is 15.2. The first-order chi connectivity index (χ1) is 9.85. The van der Waals surface area contributed by atoms with Gasteiger partial charge in [-0.1, -0.05) is 50.1 Å². The van der Waals surface area contributed by atoms with Gasteiger partial charge in [0.25, 0.3) is 0 Å². The number of hydrogen-bond donors (Lipinski definition) is 1. The predicted molar refractivity (Wildman–Crippen MR) is 84.9 cm³/mol. The fourth-order valence-corrected chi connectivity index (χ4v) is 3.53. The first-order valence-electron chi connectivity index (χ1n) is 8.36. The molecule has 2 aliphatic rings. The molecular weight excluding hydrogens is 244 g/mol. The molecule has 0 radical (unpaired) electrons. The Hall–Kier alpha value is -0.860. The predicted octanol–water partition coefficient (Wildman–Crippen LogP) is 3.08. The lowest BCUT2D eigenvalue weighted by Gasteiger charge is -2.39. The standard InChI is InChI=1S/C18H28N2/c1-2-18(13-16-8-9-16)20-11-10-19-17(14-20)12-15-6-4-3-5-7-15/h3-7,16-19H,2,8-14H2,1H3. The van der Waals surface area contributed by atoms with Gasteiger partial charge in [-0.15, -0.1) is 0 Å². The largest absolute Gasteiger partial charge is 0.311 e. The van der Waals surface area contributed by atoms with Gasteiger partial charge < -0.3 is 5.32 Å². The highest BCUT2D eigenvalue weighted by Gasteiger charge is 2.30. The molecule has 1 saturated heterocycles. The van der Waals surface area contributed by atoms with Crippen molar-refractivity contribution in [1.29, 1.82) is 0 Å². The number of piperazine rings is 1. The van der Waals surface area contributed by atoms with Crippen LogP contribution in [-0.2, 0) is 6.42 Å². The van der Waals surface area contributed by atoms with Crippen molar-refractivity contribution in [2.45, 2.75) is 51.1 Å². The summed E-state index contributed by atoms with van der Waals surface area (Å²) in [5, 5.41) is 3.70. The van der Waals surface area contributed by atoms with Gasteiger partial charge in [0.2, 0.25) is 0 Å². The van der Waals surface area contributed by atoms with Crippen molar-refractivity contribution in [3.8, 4) is 0 Å². The van der Waals surface area contributed by atoms with E-state index in [1.807, 2.05) is 0 Å². The number of nitrogens with zero attached hydrogens (tertiary/aromatic N) is 1. The Kier molecular flexibility index (Phi) is 4.74. The summed E-state index contributed by atoms with van der Waals surface area (Å²) in [6.07, 6.45) is 6.88. The van der Waals surface area contributed by atoms with Gasteiger partial charge in [0.15, 0.2) is 0 Å².